The highest BCUT2D eigenvalue weighted by Gasteiger charge is 2.18. The molecule has 4 nitrogen and oxygen atoms in total. The van der Waals surface area contributed by atoms with Crippen LogP contribution in [0, 0.1) is 24.2 Å². The SMILES string of the molecule is Cc1ccc(N)cc1C(=O)N(CCC#N)CC(C)C. The van der Waals surface area contributed by atoms with Gasteiger partial charge in [0, 0.05) is 24.3 Å². The van der Waals surface area contributed by atoms with Crippen molar-refractivity contribution in [3.8, 4) is 6.07 Å². The van der Waals surface area contributed by atoms with Crippen molar-refractivity contribution in [2.75, 3.05) is 18.8 Å². The molecular weight excluding hydrogens is 238 g/mol. The van der Waals surface area contributed by atoms with Crippen molar-refractivity contribution in [1.29, 1.82) is 5.26 Å². The Hall–Kier alpha value is -2.02. The molecule has 19 heavy (non-hydrogen) atoms. The zero-order valence-electron chi connectivity index (χ0n) is 11.8. The Bertz CT molecular complexity index is 489. The van der Waals surface area contributed by atoms with Crippen molar-refractivity contribution in [2.24, 2.45) is 5.92 Å². The average molecular weight is 259 g/mol. The molecule has 4 heteroatoms. The van der Waals surface area contributed by atoms with E-state index in [2.05, 4.69) is 19.9 Å². The third-order valence-corrected chi connectivity index (χ3v) is 2.86. The molecule has 0 aliphatic carbocycles. The maximum atomic E-state index is 12.5. The van der Waals surface area contributed by atoms with Gasteiger partial charge in [-0.05, 0) is 30.5 Å². The predicted octanol–water partition coefficient (Wildman–Crippen LogP) is 2.59. The van der Waals surface area contributed by atoms with Gasteiger partial charge >= 0.3 is 0 Å². The highest BCUT2D eigenvalue weighted by Crippen LogP contribution is 2.16. The molecule has 0 fully saturated rings. The number of hydrogen-bond acceptors (Lipinski definition) is 3. The maximum Gasteiger partial charge on any atom is 0.254 e. The molecule has 0 aromatic heterocycles. The minimum absolute atomic E-state index is 0.0475. The molecular formula is C15H21N3O. The van der Waals surface area contributed by atoms with E-state index in [1.165, 1.54) is 0 Å². The largest absolute Gasteiger partial charge is 0.399 e. The van der Waals surface area contributed by atoms with Gasteiger partial charge in [-0.2, -0.15) is 5.26 Å². The lowest BCUT2D eigenvalue weighted by Crippen LogP contribution is -2.35. The van der Waals surface area contributed by atoms with E-state index < -0.39 is 0 Å². The van der Waals surface area contributed by atoms with Crippen LogP contribution in [0.25, 0.3) is 0 Å². The molecule has 1 aromatic carbocycles. The Balaban J connectivity index is 2.97. The summed E-state index contributed by atoms with van der Waals surface area (Å²) < 4.78 is 0. The number of carbonyl (C=O) groups is 1. The van der Waals surface area contributed by atoms with Crippen LogP contribution in [0.5, 0.6) is 0 Å². The molecule has 0 radical (unpaired) electrons. The Kier molecular flexibility index (Phi) is 5.37. The molecule has 0 aliphatic heterocycles. The van der Waals surface area contributed by atoms with Crippen LogP contribution in [-0.4, -0.2) is 23.9 Å². The summed E-state index contributed by atoms with van der Waals surface area (Å²) in [5.74, 6) is 0.317. The minimum atomic E-state index is -0.0475. The van der Waals surface area contributed by atoms with Gasteiger partial charge in [-0.15, -0.1) is 0 Å². The number of carbonyl (C=O) groups excluding carboxylic acids is 1. The lowest BCUT2D eigenvalue weighted by Gasteiger charge is -2.24. The number of anilines is 1. The Morgan fingerprint density at radius 2 is 2.16 bits per heavy atom. The quantitative estimate of drug-likeness (QED) is 0.826. The summed E-state index contributed by atoms with van der Waals surface area (Å²) in [6, 6.07) is 7.42. The van der Waals surface area contributed by atoms with Crippen molar-refractivity contribution in [1.82, 2.24) is 4.90 Å². The predicted molar refractivity (Wildman–Crippen MR) is 76.6 cm³/mol. The zero-order chi connectivity index (χ0) is 14.4. The van der Waals surface area contributed by atoms with Crippen LogP contribution in [0.1, 0.15) is 36.2 Å². The lowest BCUT2D eigenvalue weighted by atomic mass is 10.1. The zero-order valence-corrected chi connectivity index (χ0v) is 11.8. The van der Waals surface area contributed by atoms with Gasteiger partial charge in [-0.1, -0.05) is 19.9 Å². The van der Waals surface area contributed by atoms with Crippen LogP contribution in [0.2, 0.25) is 0 Å². The third kappa shape index (κ3) is 4.29. The van der Waals surface area contributed by atoms with Gasteiger partial charge in [-0.25, -0.2) is 0 Å². The Morgan fingerprint density at radius 1 is 1.47 bits per heavy atom. The van der Waals surface area contributed by atoms with Crippen molar-refractivity contribution in [3.63, 3.8) is 0 Å². The van der Waals surface area contributed by atoms with Gasteiger partial charge in [0.25, 0.3) is 5.91 Å². The summed E-state index contributed by atoms with van der Waals surface area (Å²) in [4.78, 5) is 14.3. The number of rotatable bonds is 5. The molecule has 1 aromatic rings. The van der Waals surface area contributed by atoms with Gasteiger partial charge in [0.2, 0.25) is 0 Å². The van der Waals surface area contributed by atoms with Crippen LogP contribution >= 0.6 is 0 Å². The molecule has 0 saturated carbocycles. The first kappa shape index (κ1) is 15.0. The average Bonchev–Trinajstić information content (AvgIpc) is 2.36. The van der Waals surface area contributed by atoms with Crippen LogP contribution in [-0.2, 0) is 0 Å². The molecule has 2 N–H and O–H groups in total. The molecule has 1 amide bonds. The molecule has 102 valence electrons. The van der Waals surface area contributed by atoms with E-state index in [0.717, 1.165) is 5.56 Å². The molecule has 1 rings (SSSR count). The van der Waals surface area contributed by atoms with Crippen molar-refractivity contribution < 1.29 is 4.79 Å². The third-order valence-electron chi connectivity index (χ3n) is 2.86. The first-order chi connectivity index (χ1) is 8.95. The number of aryl methyl sites for hydroxylation is 1. The number of benzene rings is 1. The molecule has 0 aliphatic rings. The number of hydrogen-bond donors (Lipinski definition) is 1. The Morgan fingerprint density at radius 3 is 2.74 bits per heavy atom. The maximum absolute atomic E-state index is 12.5. The second kappa shape index (κ2) is 6.79. The number of nitriles is 1. The van der Waals surface area contributed by atoms with E-state index in [0.29, 0.717) is 36.7 Å². The van der Waals surface area contributed by atoms with Crippen LogP contribution in [0.15, 0.2) is 18.2 Å². The summed E-state index contributed by atoms with van der Waals surface area (Å²) in [5.41, 5.74) is 7.86. The van der Waals surface area contributed by atoms with E-state index in [9.17, 15) is 4.79 Å². The lowest BCUT2D eigenvalue weighted by molar-refractivity contribution is 0.0739. The van der Waals surface area contributed by atoms with Crippen molar-refractivity contribution >= 4 is 11.6 Å². The number of nitrogens with two attached hydrogens (primary N) is 1. The molecule has 0 bridgehead atoms. The van der Waals surface area contributed by atoms with E-state index in [-0.39, 0.29) is 5.91 Å². The van der Waals surface area contributed by atoms with Gasteiger partial charge in [0.15, 0.2) is 0 Å². The second-order valence-corrected chi connectivity index (χ2v) is 5.13. The first-order valence-corrected chi connectivity index (χ1v) is 6.48. The summed E-state index contributed by atoms with van der Waals surface area (Å²) in [6.07, 6.45) is 0.347. The second-order valence-electron chi connectivity index (χ2n) is 5.13. The highest BCUT2D eigenvalue weighted by atomic mass is 16.2. The summed E-state index contributed by atoms with van der Waals surface area (Å²) in [5, 5.41) is 8.69. The van der Waals surface area contributed by atoms with Gasteiger partial charge < -0.3 is 10.6 Å². The number of nitrogens with zero attached hydrogens (tertiary/aromatic N) is 2. The van der Waals surface area contributed by atoms with Crippen LogP contribution in [0.4, 0.5) is 5.69 Å². The molecule has 0 unspecified atom stereocenters. The monoisotopic (exact) mass is 259 g/mol. The minimum Gasteiger partial charge on any atom is -0.399 e. The summed E-state index contributed by atoms with van der Waals surface area (Å²) in [6.45, 7) is 7.11. The number of nitrogen functional groups attached to an aromatic ring is 1. The van der Waals surface area contributed by atoms with Crippen LogP contribution in [0.3, 0.4) is 0 Å². The standard InChI is InChI=1S/C15H21N3O/c1-11(2)10-18(8-4-7-16)15(19)14-9-13(17)6-5-12(14)3/h5-6,9,11H,4,8,10,17H2,1-3H3. The van der Waals surface area contributed by atoms with E-state index >= 15 is 0 Å². The van der Waals surface area contributed by atoms with Gasteiger partial charge in [0.1, 0.15) is 0 Å². The Labute approximate surface area is 114 Å². The fourth-order valence-electron chi connectivity index (χ4n) is 1.94. The smallest absolute Gasteiger partial charge is 0.254 e. The topological polar surface area (TPSA) is 70.1 Å². The summed E-state index contributed by atoms with van der Waals surface area (Å²) >= 11 is 0. The normalized spacial score (nSPS) is 10.3. The van der Waals surface area contributed by atoms with Crippen LogP contribution < -0.4 is 5.73 Å². The first-order valence-electron chi connectivity index (χ1n) is 6.48. The van der Waals surface area contributed by atoms with Gasteiger partial charge in [-0.3, -0.25) is 4.79 Å². The van der Waals surface area contributed by atoms with Crippen molar-refractivity contribution in [3.05, 3.63) is 29.3 Å². The van der Waals surface area contributed by atoms with E-state index in [4.69, 9.17) is 11.0 Å². The molecule has 0 heterocycles. The molecule has 0 saturated heterocycles. The molecule has 0 spiro atoms. The molecule has 0 atom stereocenters. The van der Waals surface area contributed by atoms with E-state index in [1.54, 1.807) is 17.0 Å². The fourth-order valence-corrected chi connectivity index (χ4v) is 1.94. The van der Waals surface area contributed by atoms with E-state index in [1.807, 2.05) is 13.0 Å². The summed E-state index contributed by atoms with van der Waals surface area (Å²) in [7, 11) is 0. The van der Waals surface area contributed by atoms with Gasteiger partial charge in [0.05, 0.1) is 12.5 Å². The highest BCUT2D eigenvalue weighted by molar-refractivity contribution is 5.96. The number of amides is 1. The fraction of sp³-hybridized carbons (Fsp3) is 0.467. The van der Waals surface area contributed by atoms with Crippen molar-refractivity contribution in [2.45, 2.75) is 27.2 Å².